The van der Waals surface area contributed by atoms with Crippen LogP contribution in [0.1, 0.15) is 23.6 Å². The molecule has 0 unspecified atom stereocenters. The van der Waals surface area contributed by atoms with Crippen LogP contribution in [0.3, 0.4) is 0 Å². The smallest absolute Gasteiger partial charge is 0.218 e. The van der Waals surface area contributed by atoms with E-state index >= 15 is 0 Å². The summed E-state index contributed by atoms with van der Waals surface area (Å²) in [5, 5.41) is 3.22. The molecule has 0 aliphatic carbocycles. The van der Waals surface area contributed by atoms with Crippen LogP contribution in [0.2, 0.25) is 0 Å². The summed E-state index contributed by atoms with van der Waals surface area (Å²) < 4.78 is 90.3. The number of rotatable bonds is 3. The van der Waals surface area contributed by atoms with Gasteiger partial charge in [-0.3, -0.25) is 0 Å². The largest absolute Gasteiger partial charge is 0.435 e. The van der Waals surface area contributed by atoms with Crippen LogP contribution in [0, 0.1) is 6.92 Å². The Labute approximate surface area is 120 Å². The van der Waals surface area contributed by atoms with Gasteiger partial charge in [0.05, 0.1) is 0 Å². The number of hydrogen-bond donors (Lipinski definition) is 0. The predicted octanol–water partition coefficient (Wildman–Crippen LogP) is 5.79. The first-order valence-corrected chi connectivity index (χ1v) is 5.91. The Balaban J connectivity index is 3.73. The van der Waals surface area contributed by atoms with Crippen LogP contribution in [0.5, 0.6) is 0 Å². The highest BCUT2D eigenvalue weighted by Gasteiger charge is 2.73. The summed E-state index contributed by atoms with van der Waals surface area (Å²) in [6.45, 7) is 2.57. The van der Waals surface area contributed by atoms with Gasteiger partial charge in [-0.2, -0.15) is 26.3 Å². The van der Waals surface area contributed by atoms with Crippen molar-refractivity contribution < 1.29 is 30.7 Å². The third-order valence-electron chi connectivity index (χ3n) is 3.08. The SMILES string of the molecule is CCc1cc(C(F)(C(F)(F)F)C(F)(F)F)cc(C)c1N=[N+]=[N-]. The molecule has 10 heteroatoms. The maximum absolute atomic E-state index is 14.0. The lowest BCUT2D eigenvalue weighted by Crippen LogP contribution is -2.50. The van der Waals surface area contributed by atoms with Crippen LogP contribution < -0.4 is 0 Å². The Hall–Kier alpha value is -1.96. The molecule has 0 bridgehead atoms. The van der Waals surface area contributed by atoms with E-state index in [-0.39, 0.29) is 23.2 Å². The second kappa shape index (κ2) is 5.68. The topological polar surface area (TPSA) is 48.8 Å². The highest BCUT2D eigenvalue weighted by atomic mass is 19.4. The molecule has 3 nitrogen and oxygen atoms in total. The molecule has 1 rings (SSSR count). The molecule has 0 heterocycles. The average molecular weight is 329 g/mol. The molecule has 0 saturated heterocycles. The average Bonchev–Trinajstić information content (AvgIpc) is 2.37. The molecule has 0 fully saturated rings. The highest BCUT2D eigenvalue weighted by Crippen LogP contribution is 2.54. The standard InChI is InChI=1S/C12H10F7N3/c1-3-7-5-8(4-6(2)9(7)21-22-20)10(13,11(14,15)16)12(17,18)19/h4-5H,3H2,1-2H3. The van der Waals surface area contributed by atoms with Gasteiger partial charge in [0.15, 0.2) is 0 Å². The fraction of sp³-hybridized carbons (Fsp3) is 0.500. The third kappa shape index (κ3) is 2.83. The van der Waals surface area contributed by atoms with Gasteiger partial charge in [-0.25, -0.2) is 4.39 Å². The summed E-state index contributed by atoms with van der Waals surface area (Å²) in [5.41, 5.74) is 0.898. The molecule has 0 aliphatic heterocycles. The number of alkyl halides is 7. The van der Waals surface area contributed by atoms with Crippen LogP contribution in [-0.2, 0) is 12.1 Å². The Morgan fingerprint density at radius 2 is 1.55 bits per heavy atom. The molecule has 0 N–H and O–H groups in total. The molecule has 1 aromatic rings. The fourth-order valence-electron chi connectivity index (χ4n) is 2.00. The number of aryl methyl sites for hydroxylation is 2. The van der Waals surface area contributed by atoms with Gasteiger partial charge < -0.3 is 0 Å². The minimum atomic E-state index is -6.18. The maximum Gasteiger partial charge on any atom is 0.435 e. The lowest BCUT2D eigenvalue weighted by atomic mass is 9.89. The second-order valence-electron chi connectivity index (χ2n) is 4.50. The van der Waals surface area contributed by atoms with Gasteiger partial charge in [0.2, 0.25) is 0 Å². The van der Waals surface area contributed by atoms with Crippen LogP contribution in [0.4, 0.5) is 36.4 Å². The number of benzene rings is 1. The van der Waals surface area contributed by atoms with Crippen molar-refractivity contribution in [2.24, 2.45) is 5.11 Å². The molecule has 22 heavy (non-hydrogen) atoms. The van der Waals surface area contributed by atoms with E-state index in [1.165, 1.54) is 6.92 Å². The van der Waals surface area contributed by atoms with E-state index in [1.54, 1.807) is 0 Å². The molecule has 0 spiro atoms. The predicted molar refractivity (Wildman–Crippen MR) is 64.3 cm³/mol. The lowest BCUT2D eigenvalue weighted by molar-refractivity contribution is -0.348. The zero-order valence-corrected chi connectivity index (χ0v) is 11.3. The summed E-state index contributed by atoms with van der Waals surface area (Å²) in [6.07, 6.45) is -12.4. The summed E-state index contributed by atoms with van der Waals surface area (Å²) in [6, 6.07) is 0.822. The van der Waals surface area contributed by atoms with E-state index in [9.17, 15) is 30.7 Å². The zero-order chi connectivity index (χ0) is 17.3. The van der Waals surface area contributed by atoms with Crippen molar-refractivity contribution in [2.75, 3.05) is 0 Å². The second-order valence-corrected chi connectivity index (χ2v) is 4.50. The molecule has 0 aliphatic rings. The molecule has 1 aromatic carbocycles. The summed E-state index contributed by atoms with van der Waals surface area (Å²) in [5.74, 6) is 0. The summed E-state index contributed by atoms with van der Waals surface area (Å²) in [7, 11) is 0. The Morgan fingerprint density at radius 1 is 1.05 bits per heavy atom. The summed E-state index contributed by atoms with van der Waals surface area (Å²) >= 11 is 0. The molecule has 0 aromatic heterocycles. The van der Waals surface area contributed by atoms with Crippen LogP contribution in [-0.4, -0.2) is 12.4 Å². The molecular formula is C12H10F7N3. The van der Waals surface area contributed by atoms with Crippen molar-refractivity contribution in [3.63, 3.8) is 0 Å². The Kier molecular flexibility index (Phi) is 4.67. The number of nitrogens with zero attached hydrogens (tertiary/aromatic N) is 3. The van der Waals surface area contributed by atoms with Crippen molar-refractivity contribution in [1.29, 1.82) is 0 Å². The van der Waals surface area contributed by atoms with Gasteiger partial charge in [0.25, 0.3) is 0 Å². The molecule has 122 valence electrons. The van der Waals surface area contributed by atoms with E-state index in [0.29, 0.717) is 12.1 Å². The van der Waals surface area contributed by atoms with Crippen molar-refractivity contribution in [2.45, 2.75) is 38.3 Å². The Bertz CT molecular complexity index is 598. The molecule has 0 amide bonds. The Morgan fingerprint density at radius 3 is 1.91 bits per heavy atom. The normalized spacial score (nSPS) is 13.0. The minimum absolute atomic E-state index is 0.0329. The minimum Gasteiger partial charge on any atom is -0.218 e. The van der Waals surface area contributed by atoms with Gasteiger partial charge >= 0.3 is 18.0 Å². The van der Waals surface area contributed by atoms with Crippen LogP contribution in [0.25, 0.3) is 10.4 Å². The fourth-order valence-corrected chi connectivity index (χ4v) is 2.00. The first-order chi connectivity index (χ1) is 9.90. The summed E-state index contributed by atoms with van der Waals surface area (Å²) in [4.78, 5) is 2.45. The van der Waals surface area contributed by atoms with E-state index < -0.39 is 23.6 Å². The van der Waals surface area contributed by atoms with Crippen molar-refractivity contribution >= 4 is 5.69 Å². The molecule has 0 atom stereocenters. The lowest BCUT2D eigenvalue weighted by Gasteiger charge is -2.31. The first-order valence-electron chi connectivity index (χ1n) is 5.91. The van der Waals surface area contributed by atoms with Gasteiger partial charge in [-0.05, 0) is 30.0 Å². The van der Waals surface area contributed by atoms with Crippen molar-refractivity contribution in [3.8, 4) is 0 Å². The van der Waals surface area contributed by atoms with Crippen LogP contribution in [0.15, 0.2) is 17.2 Å². The number of halogens is 7. The van der Waals surface area contributed by atoms with Crippen molar-refractivity contribution in [3.05, 3.63) is 39.3 Å². The number of hydrogen-bond acceptors (Lipinski definition) is 1. The zero-order valence-electron chi connectivity index (χ0n) is 11.3. The monoisotopic (exact) mass is 329 g/mol. The third-order valence-corrected chi connectivity index (χ3v) is 3.08. The van der Waals surface area contributed by atoms with Crippen LogP contribution >= 0.6 is 0 Å². The highest BCUT2D eigenvalue weighted by molar-refractivity contribution is 5.55. The van der Waals surface area contributed by atoms with Gasteiger partial charge in [-0.1, -0.05) is 24.2 Å². The van der Waals surface area contributed by atoms with E-state index in [1.807, 2.05) is 0 Å². The van der Waals surface area contributed by atoms with Gasteiger partial charge in [0.1, 0.15) is 0 Å². The van der Waals surface area contributed by atoms with Crippen molar-refractivity contribution in [1.82, 2.24) is 0 Å². The van der Waals surface area contributed by atoms with E-state index in [0.717, 1.165) is 6.92 Å². The van der Waals surface area contributed by atoms with E-state index in [2.05, 4.69) is 10.0 Å². The van der Waals surface area contributed by atoms with E-state index in [4.69, 9.17) is 5.53 Å². The van der Waals surface area contributed by atoms with Gasteiger partial charge in [0, 0.05) is 16.2 Å². The maximum atomic E-state index is 14.0. The first kappa shape index (κ1) is 18.1. The molecule has 0 saturated carbocycles. The van der Waals surface area contributed by atoms with Gasteiger partial charge in [-0.15, -0.1) is 0 Å². The molecule has 0 radical (unpaired) electrons. The molecular weight excluding hydrogens is 319 g/mol. The number of azide groups is 1. The quantitative estimate of drug-likeness (QED) is 0.292.